The first-order valence-electron chi connectivity index (χ1n) is 12.9. The fourth-order valence-corrected chi connectivity index (χ4v) is 5.41. The highest BCUT2D eigenvalue weighted by molar-refractivity contribution is 5.86. The summed E-state index contributed by atoms with van der Waals surface area (Å²) in [6, 6.07) is 4.99. The van der Waals surface area contributed by atoms with Gasteiger partial charge in [0.2, 0.25) is 11.9 Å². The molecule has 3 fully saturated rings. The van der Waals surface area contributed by atoms with Crippen LogP contribution in [-0.2, 0) is 4.79 Å². The summed E-state index contributed by atoms with van der Waals surface area (Å²) < 4.78 is 40.3. The van der Waals surface area contributed by atoms with Crippen LogP contribution in [0, 0.1) is 0 Å². The van der Waals surface area contributed by atoms with E-state index >= 15 is 0 Å². The zero-order valence-electron chi connectivity index (χ0n) is 20.3. The number of nitrogens with one attached hydrogen (secondary N) is 3. The van der Waals surface area contributed by atoms with Gasteiger partial charge in [-0.25, -0.2) is 4.52 Å². The number of anilines is 3. The van der Waals surface area contributed by atoms with Gasteiger partial charge in [0.1, 0.15) is 11.6 Å². The molecule has 1 aliphatic carbocycles. The van der Waals surface area contributed by atoms with Crippen molar-refractivity contribution < 1.29 is 18.0 Å². The number of likely N-dealkylation sites (tertiary alicyclic amines) is 1. The molecule has 10 nitrogen and oxygen atoms in total. The molecule has 3 aromatic rings. The van der Waals surface area contributed by atoms with Crippen molar-refractivity contribution in [3.05, 3.63) is 30.1 Å². The monoisotopic (exact) mass is 517 g/mol. The van der Waals surface area contributed by atoms with Crippen LogP contribution in [0.4, 0.5) is 30.8 Å². The van der Waals surface area contributed by atoms with Crippen LogP contribution in [-0.4, -0.2) is 80.0 Å². The molecule has 0 radical (unpaired) electrons. The summed E-state index contributed by atoms with van der Waals surface area (Å²) in [6.07, 6.45) is 2.63. The Morgan fingerprint density at radius 3 is 2.81 bits per heavy atom. The Bertz CT molecular complexity index is 1270. The molecule has 3 aliphatic rings. The maximum atomic E-state index is 13.3. The number of aromatic nitrogens is 5. The number of carbonyl (C=O) groups is 1. The quantitative estimate of drug-likeness (QED) is 0.442. The molecule has 2 unspecified atom stereocenters. The van der Waals surface area contributed by atoms with E-state index in [0.29, 0.717) is 55.9 Å². The standard InChI is InChI=1S/C24H30F3N9O/c25-24(26,27)14-34-9-1-4-16(13-34)28-22(37)19-6-2-10-35(19)23-30-21(18-5-3-11-36(18)33-23)29-20-12-17(31-32-20)15-7-8-15/h3,5,11-12,15-16,19H,1-2,4,6-10,13-14H2,(H,28,37)(H2,29,30,31,32,33). The maximum Gasteiger partial charge on any atom is 0.401 e. The van der Waals surface area contributed by atoms with Crippen molar-refractivity contribution in [1.29, 1.82) is 0 Å². The van der Waals surface area contributed by atoms with E-state index < -0.39 is 18.8 Å². The van der Waals surface area contributed by atoms with Gasteiger partial charge in [-0.3, -0.25) is 14.8 Å². The van der Waals surface area contributed by atoms with Crippen LogP contribution in [0.1, 0.15) is 50.1 Å². The van der Waals surface area contributed by atoms with Crippen LogP contribution >= 0.6 is 0 Å². The van der Waals surface area contributed by atoms with Gasteiger partial charge in [0.25, 0.3) is 0 Å². The van der Waals surface area contributed by atoms with Crippen molar-refractivity contribution in [3.63, 3.8) is 0 Å². The van der Waals surface area contributed by atoms with Crippen molar-refractivity contribution in [1.82, 2.24) is 35.0 Å². The smallest absolute Gasteiger partial charge is 0.350 e. The van der Waals surface area contributed by atoms with E-state index in [-0.39, 0.29) is 18.5 Å². The van der Waals surface area contributed by atoms with Gasteiger partial charge in [-0.2, -0.15) is 23.3 Å². The molecular weight excluding hydrogens is 487 g/mol. The Morgan fingerprint density at radius 1 is 1.16 bits per heavy atom. The molecule has 1 amide bonds. The summed E-state index contributed by atoms with van der Waals surface area (Å²) in [6.45, 7) is 0.251. The van der Waals surface area contributed by atoms with Crippen LogP contribution in [0.25, 0.3) is 5.52 Å². The van der Waals surface area contributed by atoms with Crippen LogP contribution < -0.4 is 15.5 Å². The van der Waals surface area contributed by atoms with Gasteiger partial charge >= 0.3 is 6.18 Å². The number of amides is 1. The van der Waals surface area contributed by atoms with Crippen molar-refractivity contribution in [2.45, 2.75) is 62.7 Å². The predicted molar refractivity (Wildman–Crippen MR) is 131 cm³/mol. The molecule has 1 saturated carbocycles. The third-order valence-electron chi connectivity index (χ3n) is 7.31. The van der Waals surface area contributed by atoms with Crippen LogP contribution in [0.2, 0.25) is 0 Å². The lowest BCUT2D eigenvalue weighted by molar-refractivity contribution is -0.148. The molecule has 6 rings (SSSR count). The number of aromatic amines is 1. The van der Waals surface area contributed by atoms with E-state index in [1.165, 1.54) is 17.7 Å². The average Bonchev–Trinajstić information content (AvgIpc) is 3.23. The summed E-state index contributed by atoms with van der Waals surface area (Å²) >= 11 is 0. The molecule has 2 atom stereocenters. The lowest BCUT2D eigenvalue weighted by atomic mass is 10.0. The number of H-pyrrole nitrogens is 1. The molecule has 2 aliphatic heterocycles. The molecule has 2 saturated heterocycles. The predicted octanol–water partition coefficient (Wildman–Crippen LogP) is 3.19. The molecule has 5 heterocycles. The summed E-state index contributed by atoms with van der Waals surface area (Å²) in [5.74, 6) is 2.04. The Morgan fingerprint density at radius 2 is 2.00 bits per heavy atom. The van der Waals surface area contributed by atoms with Gasteiger partial charge in [-0.1, -0.05) is 0 Å². The fraction of sp³-hybridized carbons (Fsp3) is 0.583. The highest BCUT2D eigenvalue weighted by atomic mass is 19.4. The van der Waals surface area contributed by atoms with Crippen LogP contribution in [0.5, 0.6) is 0 Å². The largest absolute Gasteiger partial charge is 0.401 e. The normalized spacial score (nSPS) is 23.1. The molecule has 3 N–H and O–H groups in total. The number of fused-ring (bicyclic) bond motifs is 1. The van der Waals surface area contributed by atoms with Crippen molar-refractivity contribution in [2.75, 3.05) is 36.4 Å². The van der Waals surface area contributed by atoms with E-state index in [0.717, 1.165) is 17.6 Å². The number of piperidine rings is 1. The van der Waals surface area contributed by atoms with E-state index in [4.69, 9.17) is 4.98 Å². The first-order chi connectivity index (χ1) is 17.8. The summed E-state index contributed by atoms with van der Waals surface area (Å²) in [7, 11) is 0. The highest BCUT2D eigenvalue weighted by Gasteiger charge is 2.37. The molecule has 0 spiro atoms. The van der Waals surface area contributed by atoms with Crippen molar-refractivity contribution in [2.24, 2.45) is 0 Å². The van der Waals surface area contributed by atoms with Gasteiger partial charge in [0.15, 0.2) is 11.6 Å². The number of hydrogen-bond donors (Lipinski definition) is 3. The second-order valence-electron chi connectivity index (χ2n) is 10.3. The fourth-order valence-electron chi connectivity index (χ4n) is 5.41. The first-order valence-corrected chi connectivity index (χ1v) is 12.9. The number of nitrogens with zero attached hydrogens (tertiary/aromatic N) is 6. The van der Waals surface area contributed by atoms with Gasteiger partial charge in [-0.05, 0) is 57.2 Å². The van der Waals surface area contributed by atoms with E-state index in [1.807, 2.05) is 29.3 Å². The van der Waals surface area contributed by atoms with E-state index in [2.05, 4.69) is 25.9 Å². The van der Waals surface area contributed by atoms with Crippen LogP contribution in [0.15, 0.2) is 24.4 Å². The Labute approximate surface area is 211 Å². The minimum absolute atomic E-state index is 0.191. The molecule has 13 heteroatoms. The van der Waals surface area contributed by atoms with Gasteiger partial charge in [0.05, 0.1) is 6.54 Å². The first kappa shape index (κ1) is 24.0. The van der Waals surface area contributed by atoms with Crippen molar-refractivity contribution in [3.8, 4) is 0 Å². The number of rotatable bonds is 7. The molecule has 198 valence electrons. The maximum absolute atomic E-state index is 13.3. The minimum Gasteiger partial charge on any atom is -0.350 e. The lowest BCUT2D eigenvalue weighted by Crippen LogP contribution is -2.53. The van der Waals surface area contributed by atoms with E-state index in [1.54, 1.807) is 4.52 Å². The molecular formula is C24H30F3N9O. The topological polar surface area (TPSA) is 106 Å². The zero-order valence-corrected chi connectivity index (χ0v) is 20.3. The summed E-state index contributed by atoms with van der Waals surface area (Å²) in [5, 5.41) is 18.4. The van der Waals surface area contributed by atoms with Gasteiger partial charge < -0.3 is 15.5 Å². The minimum atomic E-state index is -4.25. The number of hydrogen-bond acceptors (Lipinski definition) is 7. The van der Waals surface area contributed by atoms with Gasteiger partial charge in [-0.15, -0.1) is 5.10 Å². The second-order valence-corrected chi connectivity index (χ2v) is 10.3. The Kier molecular flexibility index (Phi) is 6.17. The highest BCUT2D eigenvalue weighted by Crippen LogP contribution is 2.39. The zero-order chi connectivity index (χ0) is 25.6. The molecule has 37 heavy (non-hydrogen) atoms. The van der Waals surface area contributed by atoms with Crippen molar-refractivity contribution >= 4 is 29.0 Å². The van der Waals surface area contributed by atoms with Crippen LogP contribution in [0.3, 0.4) is 0 Å². The third-order valence-corrected chi connectivity index (χ3v) is 7.31. The lowest BCUT2D eigenvalue weighted by Gasteiger charge is -2.34. The Balaban J connectivity index is 1.18. The SMILES string of the molecule is O=C(NC1CCCN(CC(F)(F)F)C1)C1CCCN1c1nc(Nc2cc(C3CC3)[nH]n2)c2cccn2n1. The molecule has 0 aromatic carbocycles. The molecule has 3 aromatic heterocycles. The number of halogens is 3. The summed E-state index contributed by atoms with van der Waals surface area (Å²) in [5.41, 5.74) is 1.89. The number of alkyl halides is 3. The Hall–Kier alpha value is -3.35. The summed E-state index contributed by atoms with van der Waals surface area (Å²) in [4.78, 5) is 21.3. The molecule has 0 bridgehead atoms. The number of carbonyl (C=O) groups excluding carboxylic acids is 1. The van der Waals surface area contributed by atoms with Gasteiger partial charge in [0, 0.05) is 43.0 Å². The van der Waals surface area contributed by atoms with E-state index in [9.17, 15) is 18.0 Å². The second kappa shape index (κ2) is 9.51. The average molecular weight is 518 g/mol. The third kappa shape index (κ3) is 5.36.